The second-order valence-corrected chi connectivity index (χ2v) is 6.98. The predicted molar refractivity (Wildman–Crippen MR) is 94.1 cm³/mol. The summed E-state index contributed by atoms with van der Waals surface area (Å²) in [7, 11) is 1.92. The summed E-state index contributed by atoms with van der Waals surface area (Å²) in [5, 5.41) is 3.20. The van der Waals surface area contributed by atoms with Crippen molar-refractivity contribution in [2.24, 2.45) is 0 Å². The molecule has 0 aliphatic carbocycles. The highest BCUT2D eigenvalue weighted by atomic mass is 79.9. The Morgan fingerprint density at radius 1 is 1.24 bits per heavy atom. The topological polar surface area (TPSA) is 37.8 Å². The largest absolute Gasteiger partial charge is 0.373 e. The first-order valence-corrected chi connectivity index (χ1v) is 8.73. The van der Waals surface area contributed by atoms with Crippen molar-refractivity contribution in [1.29, 1.82) is 0 Å². The van der Waals surface area contributed by atoms with Crippen LogP contribution >= 0.6 is 27.7 Å². The van der Waals surface area contributed by atoms with Gasteiger partial charge in [-0.25, -0.2) is 9.97 Å². The van der Waals surface area contributed by atoms with Gasteiger partial charge in [-0.3, -0.25) is 0 Å². The Balaban J connectivity index is 2.22. The van der Waals surface area contributed by atoms with Crippen molar-refractivity contribution in [2.45, 2.75) is 37.3 Å². The maximum absolute atomic E-state index is 4.66. The Hall–Kier alpha value is -1.07. The monoisotopic (exact) mass is 365 g/mol. The Bertz CT molecular complexity index is 629. The lowest BCUT2D eigenvalue weighted by Crippen LogP contribution is -2.08. The molecule has 1 N–H and O–H groups in total. The van der Waals surface area contributed by atoms with Gasteiger partial charge in [0.05, 0.1) is 5.75 Å². The lowest BCUT2D eigenvalue weighted by atomic mass is 10.0. The van der Waals surface area contributed by atoms with Crippen molar-refractivity contribution in [3.8, 4) is 0 Å². The van der Waals surface area contributed by atoms with Crippen LogP contribution < -0.4 is 5.32 Å². The van der Waals surface area contributed by atoms with Crippen molar-refractivity contribution in [2.75, 3.05) is 12.4 Å². The highest BCUT2D eigenvalue weighted by Gasteiger charge is 2.14. The molecule has 0 saturated heterocycles. The second-order valence-electron chi connectivity index (χ2n) is 5.11. The third-order valence-electron chi connectivity index (χ3n) is 3.19. The molecule has 2 rings (SSSR count). The summed E-state index contributed by atoms with van der Waals surface area (Å²) in [5.41, 5.74) is 2.26. The molecule has 0 bridgehead atoms. The molecule has 3 nitrogen and oxygen atoms in total. The van der Waals surface area contributed by atoms with Crippen molar-refractivity contribution in [3.05, 3.63) is 45.8 Å². The fraction of sp³-hybridized carbons (Fsp3) is 0.375. The maximum atomic E-state index is 4.66. The van der Waals surface area contributed by atoms with Crippen LogP contribution in [-0.4, -0.2) is 17.0 Å². The molecule has 0 saturated carbocycles. The Labute approximate surface area is 139 Å². The smallest absolute Gasteiger partial charge is 0.141 e. The van der Waals surface area contributed by atoms with Crippen LogP contribution in [0, 0.1) is 6.92 Å². The number of halogens is 1. The quantitative estimate of drug-likeness (QED) is 0.756. The zero-order valence-electron chi connectivity index (χ0n) is 12.8. The van der Waals surface area contributed by atoms with Gasteiger partial charge < -0.3 is 5.32 Å². The summed E-state index contributed by atoms with van der Waals surface area (Å²) in [6, 6.07) is 8.21. The average molecular weight is 366 g/mol. The van der Waals surface area contributed by atoms with Crippen LogP contribution in [0.3, 0.4) is 0 Å². The fourth-order valence-electron chi connectivity index (χ4n) is 2.29. The van der Waals surface area contributed by atoms with Crippen LogP contribution in [0.1, 0.15) is 36.8 Å². The van der Waals surface area contributed by atoms with Gasteiger partial charge in [0.25, 0.3) is 0 Å². The molecule has 0 atom stereocenters. The number of nitrogens with zero attached hydrogens (tertiary/aromatic N) is 2. The molecule has 112 valence electrons. The Kier molecular flexibility index (Phi) is 5.65. The number of hydrogen-bond donors (Lipinski definition) is 1. The Morgan fingerprint density at radius 2 is 1.95 bits per heavy atom. The lowest BCUT2D eigenvalue weighted by molar-refractivity contribution is 0.821. The molecule has 0 radical (unpaired) electrons. The third-order valence-corrected chi connectivity index (χ3v) is 5.21. The van der Waals surface area contributed by atoms with Gasteiger partial charge in [-0.2, -0.15) is 0 Å². The van der Waals surface area contributed by atoms with E-state index < -0.39 is 0 Å². The van der Waals surface area contributed by atoms with Gasteiger partial charge in [-0.05, 0) is 40.9 Å². The van der Waals surface area contributed by atoms with E-state index in [4.69, 9.17) is 0 Å². The SMILES string of the molecule is CNc1nc(CSc2ccccc2Br)nc(C)c1C(C)C. The van der Waals surface area contributed by atoms with E-state index in [-0.39, 0.29) is 0 Å². The zero-order chi connectivity index (χ0) is 15.4. The number of nitrogens with one attached hydrogen (secondary N) is 1. The number of aryl methyl sites for hydroxylation is 1. The molecule has 0 spiro atoms. The number of thioether (sulfide) groups is 1. The van der Waals surface area contributed by atoms with E-state index in [0.717, 1.165) is 27.6 Å². The van der Waals surface area contributed by atoms with Crippen LogP contribution in [0.5, 0.6) is 0 Å². The van der Waals surface area contributed by atoms with Gasteiger partial charge in [0.1, 0.15) is 11.6 Å². The van der Waals surface area contributed by atoms with E-state index >= 15 is 0 Å². The number of anilines is 1. The maximum Gasteiger partial charge on any atom is 0.141 e. The molecule has 0 aliphatic heterocycles. The first kappa shape index (κ1) is 16.3. The Morgan fingerprint density at radius 3 is 2.57 bits per heavy atom. The summed E-state index contributed by atoms with van der Waals surface area (Å²) >= 11 is 5.31. The van der Waals surface area contributed by atoms with Crippen molar-refractivity contribution in [3.63, 3.8) is 0 Å². The lowest BCUT2D eigenvalue weighted by Gasteiger charge is -2.15. The standard InChI is InChI=1S/C16H20BrN3S/c1-10(2)15-11(3)19-14(20-16(15)18-4)9-21-13-8-6-5-7-12(13)17/h5-8,10H,9H2,1-4H3,(H,18,19,20). The first-order chi connectivity index (χ1) is 10.0. The summed E-state index contributed by atoms with van der Waals surface area (Å²) < 4.78 is 1.11. The third kappa shape index (κ3) is 3.98. The molecule has 1 aromatic carbocycles. The molecule has 0 amide bonds. The van der Waals surface area contributed by atoms with E-state index in [1.165, 1.54) is 10.5 Å². The van der Waals surface area contributed by atoms with Gasteiger partial charge in [-0.15, -0.1) is 11.8 Å². The van der Waals surface area contributed by atoms with E-state index in [1.54, 1.807) is 11.8 Å². The molecule has 0 unspecified atom stereocenters. The number of rotatable bonds is 5. The molecule has 1 aromatic heterocycles. The van der Waals surface area contributed by atoms with Crippen LogP contribution in [0.15, 0.2) is 33.6 Å². The van der Waals surface area contributed by atoms with E-state index in [1.807, 2.05) is 19.2 Å². The van der Waals surface area contributed by atoms with Crippen LogP contribution in [0.4, 0.5) is 5.82 Å². The van der Waals surface area contributed by atoms with Gasteiger partial charge >= 0.3 is 0 Å². The van der Waals surface area contributed by atoms with Gasteiger partial charge in [0.2, 0.25) is 0 Å². The van der Waals surface area contributed by atoms with Crippen molar-refractivity contribution < 1.29 is 0 Å². The predicted octanol–water partition coefficient (Wildman–Crippen LogP) is 5.00. The number of hydrogen-bond acceptors (Lipinski definition) is 4. The molecular formula is C16H20BrN3S. The number of aromatic nitrogens is 2. The molecular weight excluding hydrogens is 346 g/mol. The minimum absolute atomic E-state index is 0.414. The van der Waals surface area contributed by atoms with Gasteiger partial charge in [0, 0.05) is 27.7 Å². The molecule has 1 heterocycles. The van der Waals surface area contributed by atoms with E-state index in [0.29, 0.717) is 5.92 Å². The van der Waals surface area contributed by atoms with E-state index in [2.05, 4.69) is 64.1 Å². The zero-order valence-corrected chi connectivity index (χ0v) is 15.2. The number of benzene rings is 1. The minimum atomic E-state index is 0.414. The van der Waals surface area contributed by atoms with Crippen LogP contribution in [0.2, 0.25) is 0 Å². The summed E-state index contributed by atoms with van der Waals surface area (Å²) in [4.78, 5) is 10.5. The van der Waals surface area contributed by atoms with Crippen LogP contribution in [0.25, 0.3) is 0 Å². The first-order valence-electron chi connectivity index (χ1n) is 6.95. The second kappa shape index (κ2) is 7.27. The molecule has 2 aromatic rings. The molecule has 0 fully saturated rings. The minimum Gasteiger partial charge on any atom is -0.373 e. The molecule has 0 aliphatic rings. The summed E-state index contributed by atoms with van der Waals surface area (Å²) in [5.74, 6) is 2.98. The van der Waals surface area contributed by atoms with Crippen molar-refractivity contribution >= 4 is 33.5 Å². The van der Waals surface area contributed by atoms with Gasteiger partial charge in [0.15, 0.2) is 0 Å². The summed E-state index contributed by atoms with van der Waals surface area (Å²) in [6.07, 6.45) is 0. The highest BCUT2D eigenvalue weighted by Crippen LogP contribution is 2.30. The van der Waals surface area contributed by atoms with E-state index in [9.17, 15) is 0 Å². The normalized spacial score (nSPS) is 11.0. The fourth-order valence-corrected chi connectivity index (χ4v) is 3.71. The van der Waals surface area contributed by atoms with Gasteiger partial charge in [-0.1, -0.05) is 26.0 Å². The van der Waals surface area contributed by atoms with Crippen molar-refractivity contribution in [1.82, 2.24) is 9.97 Å². The summed E-state index contributed by atoms with van der Waals surface area (Å²) in [6.45, 7) is 6.40. The molecule has 21 heavy (non-hydrogen) atoms. The highest BCUT2D eigenvalue weighted by molar-refractivity contribution is 9.10. The average Bonchev–Trinajstić information content (AvgIpc) is 2.45. The molecule has 5 heteroatoms. The van der Waals surface area contributed by atoms with Crippen LogP contribution in [-0.2, 0) is 5.75 Å².